The molecular formula is C13H14FNO2. The molecule has 1 spiro atoms. The van der Waals surface area contributed by atoms with E-state index in [9.17, 15) is 9.18 Å². The van der Waals surface area contributed by atoms with Gasteiger partial charge in [0.05, 0.1) is 12.0 Å². The van der Waals surface area contributed by atoms with Crippen molar-refractivity contribution in [1.29, 1.82) is 0 Å². The van der Waals surface area contributed by atoms with Crippen molar-refractivity contribution in [2.45, 2.75) is 24.9 Å². The topological polar surface area (TPSA) is 38.3 Å². The predicted octanol–water partition coefficient (Wildman–Crippen LogP) is 1.91. The quantitative estimate of drug-likeness (QED) is 0.746. The number of carbonyl (C=O) groups is 1. The molecule has 2 aliphatic rings. The van der Waals surface area contributed by atoms with Crippen molar-refractivity contribution in [3.8, 4) is 5.75 Å². The number of rotatable bonds is 0. The van der Waals surface area contributed by atoms with Gasteiger partial charge in [-0.25, -0.2) is 4.39 Å². The molecule has 0 saturated carbocycles. The SMILES string of the molecule is O=C1CC2(CCNCC2)Oc2cccc(F)c21. The molecule has 0 bridgehead atoms. The molecule has 1 saturated heterocycles. The molecule has 17 heavy (non-hydrogen) atoms. The fourth-order valence-electron chi connectivity index (χ4n) is 2.67. The molecule has 0 unspecified atom stereocenters. The van der Waals surface area contributed by atoms with Crippen LogP contribution in [0.1, 0.15) is 29.6 Å². The van der Waals surface area contributed by atoms with E-state index < -0.39 is 11.4 Å². The zero-order valence-electron chi connectivity index (χ0n) is 9.46. The highest BCUT2D eigenvalue weighted by Gasteiger charge is 2.42. The monoisotopic (exact) mass is 235 g/mol. The first kappa shape index (κ1) is 10.7. The predicted molar refractivity (Wildman–Crippen MR) is 60.8 cm³/mol. The van der Waals surface area contributed by atoms with Crippen LogP contribution < -0.4 is 10.1 Å². The molecule has 2 heterocycles. The summed E-state index contributed by atoms with van der Waals surface area (Å²) < 4.78 is 19.5. The Kier molecular flexibility index (Phi) is 2.40. The van der Waals surface area contributed by atoms with Crippen LogP contribution in [-0.2, 0) is 0 Å². The molecule has 4 heteroatoms. The van der Waals surface area contributed by atoms with E-state index in [-0.39, 0.29) is 11.3 Å². The summed E-state index contributed by atoms with van der Waals surface area (Å²) >= 11 is 0. The molecule has 0 amide bonds. The average molecular weight is 235 g/mol. The van der Waals surface area contributed by atoms with Gasteiger partial charge in [0.2, 0.25) is 0 Å². The largest absolute Gasteiger partial charge is 0.486 e. The lowest BCUT2D eigenvalue weighted by atomic mass is 9.83. The van der Waals surface area contributed by atoms with Crippen LogP contribution in [0, 0.1) is 5.82 Å². The number of piperidine rings is 1. The van der Waals surface area contributed by atoms with Gasteiger partial charge in [0, 0.05) is 12.8 Å². The lowest BCUT2D eigenvalue weighted by Gasteiger charge is -2.40. The van der Waals surface area contributed by atoms with Crippen LogP contribution in [0.5, 0.6) is 5.75 Å². The van der Waals surface area contributed by atoms with Crippen LogP contribution in [0.3, 0.4) is 0 Å². The molecular weight excluding hydrogens is 221 g/mol. The molecule has 3 nitrogen and oxygen atoms in total. The highest BCUT2D eigenvalue weighted by atomic mass is 19.1. The van der Waals surface area contributed by atoms with Crippen LogP contribution in [-0.4, -0.2) is 24.5 Å². The third-order valence-electron chi connectivity index (χ3n) is 3.58. The van der Waals surface area contributed by atoms with Gasteiger partial charge >= 0.3 is 0 Å². The van der Waals surface area contributed by atoms with Crippen molar-refractivity contribution in [1.82, 2.24) is 5.32 Å². The molecule has 0 radical (unpaired) electrons. The number of benzene rings is 1. The van der Waals surface area contributed by atoms with Gasteiger partial charge in [-0.15, -0.1) is 0 Å². The summed E-state index contributed by atoms with van der Waals surface area (Å²) in [7, 11) is 0. The van der Waals surface area contributed by atoms with Crippen LogP contribution in [0.25, 0.3) is 0 Å². The second-order valence-corrected chi connectivity index (χ2v) is 4.75. The van der Waals surface area contributed by atoms with Crippen molar-refractivity contribution in [2.75, 3.05) is 13.1 Å². The van der Waals surface area contributed by atoms with Gasteiger partial charge in [0.25, 0.3) is 0 Å². The Labute approximate surface area is 99.0 Å². The number of Topliss-reactive ketones (excluding diaryl/α,β-unsaturated/α-hetero) is 1. The number of carbonyl (C=O) groups excluding carboxylic acids is 1. The molecule has 1 aromatic carbocycles. The van der Waals surface area contributed by atoms with Crippen molar-refractivity contribution in [3.63, 3.8) is 0 Å². The lowest BCUT2D eigenvalue weighted by molar-refractivity contribution is 0.0180. The van der Waals surface area contributed by atoms with Gasteiger partial charge in [0.1, 0.15) is 17.2 Å². The molecule has 1 aromatic rings. The Hall–Kier alpha value is -1.42. The highest BCUT2D eigenvalue weighted by Crippen LogP contribution is 2.38. The van der Waals surface area contributed by atoms with Crippen LogP contribution in [0.4, 0.5) is 4.39 Å². The number of hydrogen-bond donors (Lipinski definition) is 1. The smallest absolute Gasteiger partial charge is 0.173 e. The van der Waals surface area contributed by atoms with Crippen LogP contribution in [0.2, 0.25) is 0 Å². The number of halogens is 1. The Morgan fingerprint density at radius 1 is 1.29 bits per heavy atom. The van der Waals surface area contributed by atoms with Crippen molar-refractivity contribution in [2.24, 2.45) is 0 Å². The summed E-state index contributed by atoms with van der Waals surface area (Å²) in [4.78, 5) is 12.0. The molecule has 0 aliphatic carbocycles. The minimum atomic E-state index is -0.476. The molecule has 0 atom stereocenters. The molecule has 0 aromatic heterocycles. The summed E-state index contributed by atoms with van der Waals surface area (Å²) in [5, 5.41) is 3.24. The Morgan fingerprint density at radius 2 is 2.06 bits per heavy atom. The van der Waals surface area contributed by atoms with Crippen molar-refractivity contribution in [3.05, 3.63) is 29.6 Å². The van der Waals surface area contributed by atoms with Gasteiger partial charge in [-0.3, -0.25) is 4.79 Å². The average Bonchev–Trinajstić information content (AvgIpc) is 2.29. The number of ether oxygens (including phenoxy) is 1. The van der Waals surface area contributed by atoms with E-state index in [4.69, 9.17) is 4.74 Å². The van der Waals surface area contributed by atoms with E-state index >= 15 is 0 Å². The number of nitrogens with one attached hydrogen (secondary N) is 1. The fourth-order valence-corrected chi connectivity index (χ4v) is 2.67. The van der Waals surface area contributed by atoms with Gasteiger partial charge < -0.3 is 10.1 Å². The molecule has 2 aliphatic heterocycles. The third-order valence-corrected chi connectivity index (χ3v) is 3.58. The molecule has 1 N–H and O–H groups in total. The Bertz CT molecular complexity index is 466. The molecule has 3 rings (SSSR count). The third kappa shape index (κ3) is 1.72. The molecule has 90 valence electrons. The zero-order chi connectivity index (χ0) is 11.9. The number of ketones is 1. The Balaban J connectivity index is 2.00. The van der Waals surface area contributed by atoms with E-state index in [0.29, 0.717) is 12.2 Å². The normalized spacial score (nSPS) is 22.1. The Morgan fingerprint density at radius 3 is 2.82 bits per heavy atom. The second kappa shape index (κ2) is 3.81. The van der Waals surface area contributed by atoms with Gasteiger partial charge in [-0.2, -0.15) is 0 Å². The standard InChI is InChI=1S/C13H14FNO2/c14-9-2-1-3-11-12(9)10(16)8-13(17-11)4-6-15-7-5-13/h1-3,15H,4-8H2. The van der Waals surface area contributed by atoms with Crippen LogP contribution >= 0.6 is 0 Å². The maximum Gasteiger partial charge on any atom is 0.173 e. The minimum absolute atomic E-state index is 0.122. The maximum absolute atomic E-state index is 13.6. The van der Waals surface area contributed by atoms with Crippen molar-refractivity contribution >= 4 is 5.78 Å². The summed E-state index contributed by atoms with van der Waals surface area (Å²) in [6, 6.07) is 4.57. The second-order valence-electron chi connectivity index (χ2n) is 4.75. The van der Waals surface area contributed by atoms with Gasteiger partial charge in [-0.05, 0) is 25.2 Å². The van der Waals surface area contributed by atoms with E-state index in [2.05, 4.69) is 5.32 Å². The zero-order valence-corrected chi connectivity index (χ0v) is 9.46. The fraction of sp³-hybridized carbons (Fsp3) is 0.462. The van der Waals surface area contributed by atoms with Gasteiger partial charge in [-0.1, -0.05) is 6.07 Å². The van der Waals surface area contributed by atoms with E-state index in [1.165, 1.54) is 6.07 Å². The van der Waals surface area contributed by atoms with E-state index in [1.807, 2.05) is 0 Å². The first-order valence-electron chi connectivity index (χ1n) is 5.92. The molecule has 1 fully saturated rings. The van der Waals surface area contributed by atoms with E-state index in [0.717, 1.165) is 25.9 Å². The van der Waals surface area contributed by atoms with E-state index in [1.54, 1.807) is 12.1 Å². The first-order chi connectivity index (χ1) is 8.20. The summed E-state index contributed by atoms with van der Waals surface area (Å²) in [6.45, 7) is 1.69. The summed E-state index contributed by atoms with van der Waals surface area (Å²) in [5.74, 6) is -0.203. The first-order valence-corrected chi connectivity index (χ1v) is 5.92. The highest BCUT2D eigenvalue weighted by molar-refractivity contribution is 6.00. The maximum atomic E-state index is 13.6. The lowest BCUT2D eigenvalue weighted by Crippen LogP contribution is -2.49. The summed E-state index contributed by atoms with van der Waals surface area (Å²) in [5.41, 5.74) is -0.292. The van der Waals surface area contributed by atoms with Gasteiger partial charge in [0.15, 0.2) is 5.78 Å². The summed E-state index contributed by atoms with van der Waals surface area (Å²) in [6.07, 6.45) is 1.89. The number of hydrogen-bond acceptors (Lipinski definition) is 3. The number of fused-ring (bicyclic) bond motifs is 1. The van der Waals surface area contributed by atoms with Crippen LogP contribution in [0.15, 0.2) is 18.2 Å². The minimum Gasteiger partial charge on any atom is -0.486 e. The van der Waals surface area contributed by atoms with Crippen molar-refractivity contribution < 1.29 is 13.9 Å².